The van der Waals surface area contributed by atoms with Crippen LogP contribution in [0.1, 0.15) is 16.7 Å². The zero-order valence-electron chi connectivity index (χ0n) is 21.9. The molecular formula is C28H31Cl2N3O4S. The Hall–Kier alpha value is -2.94. The number of halogens is 2. The SMILES string of the molecule is COc1ccc(C)cc1S(=O)(=O)N(CC(=O)N1CCN(c2cc(Cl)ccc2C)CC1)c1ccc(C)c(Cl)c1. The average Bonchev–Trinajstić information content (AvgIpc) is 2.90. The van der Waals surface area contributed by atoms with Crippen molar-refractivity contribution >= 4 is 50.5 Å². The first kappa shape index (κ1) is 28.1. The molecule has 4 rings (SSSR count). The maximum atomic E-state index is 14.0. The molecule has 1 fully saturated rings. The molecule has 0 spiro atoms. The maximum absolute atomic E-state index is 14.0. The van der Waals surface area contributed by atoms with Crippen LogP contribution in [0.3, 0.4) is 0 Å². The number of sulfonamides is 1. The number of rotatable bonds is 7. The van der Waals surface area contributed by atoms with Crippen molar-refractivity contribution in [2.75, 3.05) is 49.0 Å². The van der Waals surface area contributed by atoms with E-state index in [0.717, 1.165) is 26.7 Å². The highest BCUT2D eigenvalue weighted by molar-refractivity contribution is 7.93. The first-order chi connectivity index (χ1) is 18.0. The molecule has 0 N–H and O–H groups in total. The molecule has 0 saturated carbocycles. The second kappa shape index (κ2) is 11.4. The fraction of sp³-hybridized carbons (Fsp3) is 0.321. The smallest absolute Gasteiger partial charge is 0.268 e. The normalized spacial score (nSPS) is 13.9. The number of aryl methyl sites for hydroxylation is 3. The molecule has 3 aromatic carbocycles. The molecule has 0 unspecified atom stereocenters. The number of nitrogens with zero attached hydrogens (tertiary/aromatic N) is 3. The number of carbonyl (C=O) groups excluding carboxylic acids is 1. The number of benzene rings is 3. The zero-order valence-corrected chi connectivity index (χ0v) is 24.2. The first-order valence-corrected chi connectivity index (χ1v) is 14.4. The molecule has 0 atom stereocenters. The Balaban J connectivity index is 1.61. The largest absolute Gasteiger partial charge is 0.495 e. The fourth-order valence-electron chi connectivity index (χ4n) is 4.50. The van der Waals surface area contributed by atoms with Crippen molar-refractivity contribution in [2.45, 2.75) is 25.7 Å². The molecule has 3 aromatic rings. The molecule has 1 aliphatic heterocycles. The minimum atomic E-state index is -4.17. The molecule has 0 aliphatic carbocycles. The first-order valence-electron chi connectivity index (χ1n) is 12.2. The van der Waals surface area contributed by atoms with Crippen molar-refractivity contribution in [3.63, 3.8) is 0 Å². The van der Waals surface area contributed by atoms with Crippen LogP contribution >= 0.6 is 23.2 Å². The van der Waals surface area contributed by atoms with Gasteiger partial charge in [0.25, 0.3) is 10.0 Å². The molecule has 10 heteroatoms. The van der Waals surface area contributed by atoms with Gasteiger partial charge in [-0.15, -0.1) is 0 Å². The topological polar surface area (TPSA) is 70.2 Å². The highest BCUT2D eigenvalue weighted by Crippen LogP contribution is 2.33. The summed E-state index contributed by atoms with van der Waals surface area (Å²) in [5.74, 6) is -0.0869. The van der Waals surface area contributed by atoms with E-state index < -0.39 is 10.0 Å². The lowest BCUT2D eigenvalue weighted by Crippen LogP contribution is -2.52. The summed E-state index contributed by atoms with van der Waals surface area (Å²) in [6.45, 7) is 7.44. The van der Waals surface area contributed by atoms with Crippen LogP contribution < -0.4 is 13.9 Å². The summed E-state index contributed by atoms with van der Waals surface area (Å²) in [6.07, 6.45) is 0. The number of anilines is 2. The summed E-state index contributed by atoms with van der Waals surface area (Å²) in [7, 11) is -2.75. The van der Waals surface area contributed by atoms with Gasteiger partial charge in [-0.1, -0.05) is 41.4 Å². The van der Waals surface area contributed by atoms with Crippen LogP contribution in [0.25, 0.3) is 0 Å². The Morgan fingerprint density at radius 2 is 1.61 bits per heavy atom. The third kappa shape index (κ3) is 5.87. The minimum absolute atomic E-state index is 0.00857. The van der Waals surface area contributed by atoms with Gasteiger partial charge in [-0.05, 0) is 73.9 Å². The Bertz CT molecular complexity index is 1450. The van der Waals surface area contributed by atoms with Gasteiger partial charge in [0.1, 0.15) is 17.2 Å². The Labute approximate surface area is 234 Å². The van der Waals surface area contributed by atoms with Gasteiger partial charge in [0.05, 0.1) is 12.8 Å². The Kier molecular flexibility index (Phi) is 8.45. The summed E-state index contributed by atoms with van der Waals surface area (Å²) in [5, 5.41) is 1.07. The maximum Gasteiger partial charge on any atom is 0.268 e. The monoisotopic (exact) mass is 575 g/mol. The lowest BCUT2D eigenvalue weighted by molar-refractivity contribution is -0.129. The van der Waals surface area contributed by atoms with Crippen LogP contribution in [0.4, 0.5) is 11.4 Å². The highest BCUT2D eigenvalue weighted by atomic mass is 35.5. The Morgan fingerprint density at radius 1 is 0.921 bits per heavy atom. The molecule has 1 amide bonds. The van der Waals surface area contributed by atoms with Crippen LogP contribution in [0.5, 0.6) is 5.75 Å². The molecule has 1 saturated heterocycles. The predicted octanol–water partition coefficient (Wildman–Crippen LogP) is 5.47. The summed E-state index contributed by atoms with van der Waals surface area (Å²) < 4.78 is 34.5. The molecular weight excluding hydrogens is 545 g/mol. The van der Waals surface area contributed by atoms with Gasteiger partial charge in [0, 0.05) is 41.9 Å². The van der Waals surface area contributed by atoms with Gasteiger partial charge in [-0.2, -0.15) is 0 Å². The number of carbonyl (C=O) groups is 1. The molecule has 1 aliphatic rings. The number of amides is 1. The van der Waals surface area contributed by atoms with Gasteiger partial charge >= 0.3 is 0 Å². The van der Waals surface area contributed by atoms with Crippen molar-refractivity contribution in [2.24, 2.45) is 0 Å². The quantitative estimate of drug-likeness (QED) is 0.373. The lowest BCUT2D eigenvalue weighted by atomic mass is 10.1. The van der Waals surface area contributed by atoms with E-state index in [2.05, 4.69) is 4.90 Å². The van der Waals surface area contributed by atoms with Crippen molar-refractivity contribution in [1.29, 1.82) is 0 Å². The summed E-state index contributed by atoms with van der Waals surface area (Å²) in [6, 6.07) is 15.7. The number of ether oxygens (including phenoxy) is 1. The second-order valence-electron chi connectivity index (χ2n) is 9.40. The number of methoxy groups -OCH3 is 1. The summed E-state index contributed by atoms with van der Waals surface area (Å²) in [4.78, 5) is 17.4. The third-order valence-corrected chi connectivity index (χ3v) is 9.19. The van der Waals surface area contributed by atoms with Crippen molar-refractivity contribution in [1.82, 2.24) is 4.90 Å². The van der Waals surface area contributed by atoms with E-state index in [1.54, 1.807) is 48.2 Å². The van der Waals surface area contributed by atoms with Crippen LogP contribution in [0.15, 0.2) is 59.5 Å². The van der Waals surface area contributed by atoms with Gasteiger partial charge in [-0.3, -0.25) is 9.10 Å². The van der Waals surface area contributed by atoms with E-state index in [1.165, 1.54) is 7.11 Å². The van der Waals surface area contributed by atoms with Gasteiger partial charge < -0.3 is 14.5 Å². The minimum Gasteiger partial charge on any atom is -0.495 e. The molecule has 0 bridgehead atoms. The van der Waals surface area contributed by atoms with Crippen molar-refractivity contribution in [3.05, 3.63) is 81.3 Å². The fourth-order valence-corrected chi connectivity index (χ4v) is 6.49. The van der Waals surface area contributed by atoms with Crippen LogP contribution in [-0.2, 0) is 14.8 Å². The number of hydrogen-bond acceptors (Lipinski definition) is 5. The lowest BCUT2D eigenvalue weighted by Gasteiger charge is -2.37. The summed E-state index contributed by atoms with van der Waals surface area (Å²) in [5.41, 5.74) is 4.01. The molecule has 0 aromatic heterocycles. The van der Waals surface area contributed by atoms with Crippen LogP contribution in [0, 0.1) is 20.8 Å². The van der Waals surface area contributed by atoms with E-state index in [-0.39, 0.29) is 23.1 Å². The van der Waals surface area contributed by atoms with Gasteiger partial charge in [-0.25, -0.2) is 8.42 Å². The predicted molar refractivity (Wildman–Crippen MR) is 153 cm³/mol. The van der Waals surface area contributed by atoms with E-state index in [4.69, 9.17) is 27.9 Å². The van der Waals surface area contributed by atoms with Crippen LogP contribution in [-0.4, -0.2) is 59.1 Å². The number of piperazine rings is 1. The highest BCUT2D eigenvalue weighted by Gasteiger charge is 2.33. The Morgan fingerprint density at radius 3 is 2.26 bits per heavy atom. The third-order valence-electron chi connectivity index (χ3n) is 6.75. The molecule has 202 valence electrons. The number of hydrogen-bond donors (Lipinski definition) is 0. The average molecular weight is 577 g/mol. The molecule has 0 radical (unpaired) electrons. The van der Waals surface area contributed by atoms with E-state index >= 15 is 0 Å². The zero-order chi connectivity index (χ0) is 27.6. The molecule has 7 nitrogen and oxygen atoms in total. The standard InChI is InChI=1S/C28H31Cl2N3O4S/c1-19-5-10-26(37-4)27(15-19)38(35,36)33(23-9-7-20(2)24(30)17-23)18-28(34)32-13-11-31(12-14-32)25-16-22(29)8-6-21(25)3/h5-10,15-17H,11-14,18H2,1-4H3. The molecule has 38 heavy (non-hydrogen) atoms. The van der Waals surface area contributed by atoms with E-state index in [1.807, 2.05) is 32.0 Å². The molecule has 1 heterocycles. The second-order valence-corrected chi connectivity index (χ2v) is 12.1. The van der Waals surface area contributed by atoms with E-state index in [0.29, 0.717) is 41.9 Å². The van der Waals surface area contributed by atoms with Gasteiger partial charge in [0.2, 0.25) is 5.91 Å². The van der Waals surface area contributed by atoms with Crippen LogP contribution in [0.2, 0.25) is 10.0 Å². The summed E-state index contributed by atoms with van der Waals surface area (Å²) >= 11 is 12.6. The van der Waals surface area contributed by atoms with Crippen molar-refractivity contribution < 1.29 is 17.9 Å². The van der Waals surface area contributed by atoms with Gasteiger partial charge in [0.15, 0.2) is 0 Å². The van der Waals surface area contributed by atoms with Crippen molar-refractivity contribution in [3.8, 4) is 5.75 Å². The van der Waals surface area contributed by atoms with E-state index in [9.17, 15) is 13.2 Å².